The first-order valence-corrected chi connectivity index (χ1v) is 7.09. The van der Waals surface area contributed by atoms with E-state index >= 15 is 0 Å². The van der Waals surface area contributed by atoms with E-state index in [1.54, 1.807) is 7.05 Å². The van der Waals surface area contributed by atoms with Crippen LogP contribution in [0.2, 0.25) is 0 Å². The molecule has 0 aromatic heterocycles. The average molecular weight is 259 g/mol. The standard InChI is InChI=1S/C15H21N3O/c1-3-10-9-18-7-6-17-8-11-4-5-12(15(19)16-2)13(10)14(11)18/h4-5,10,17H,3,6-9H2,1-2H3,(H,16,19)/t10-/m1/s1. The van der Waals surface area contributed by atoms with E-state index in [0.29, 0.717) is 5.92 Å². The quantitative estimate of drug-likeness (QED) is 0.845. The number of rotatable bonds is 2. The van der Waals surface area contributed by atoms with Crippen LogP contribution in [0.25, 0.3) is 0 Å². The summed E-state index contributed by atoms with van der Waals surface area (Å²) in [6.45, 7) is 6.22. The number of benzene rings is 1. The van der Waals surface area contributed by atoms with Crippen molar-refractivity contribution in [3.05, 3.63) is 28.8 Å². The highest BCUT2D eigenvalue weighted by atomic mass is 16.1. The third-order valence-corrected chi connectivity index (χ3v) is 4.30. The molecule has 1 aromatic rings. The van der Waals surface area contributed by atoms with Gasteiger partial charge >= 0.3 is 0 Å². The van der Waals surface area contributed by atoms with Gasteiger partial charge in [0.1, 0.15) is 0 Å². The highest BCUT2D eigenvalue weighted by Crippen LogP contribution is 2.43. The van der Waals surface area contributed by atoms with Crippen LogP contribution in [-0.4, -0.2) is 32.6 Å². The summed E-state index contributed by atoms with van der Waals surface area (Å²) in [6.07, 6.45) is 1.09. The Labute approximate surface area is 114 Å². The van der Waals surface area contributed by atoms with E-state index in [1.807, 2.05) is 6.07 Å². The Hall–Kier alpha value is -1.55. The number of hydrogen-bond acceptors (Lipinski definition) is 3. The summed E-state index contributed by atoms with van der Waals surface area (Å²) in [4.78, 5) is 14.5. The van der Waals surface area contributed by atoms with Crippen LogP contribution in [0, 0.1) is 0 Å². The number of nitrogens with zero attached hydrogens (tertiary/aromatic N) is 1. The molecule has 0 radical (unpaired) electrons. The SMILES string of the molecule is CC[C@@H]1CN2CCNCc3ccc(C(=O)NC)c1c32. The molecule has 0 saturated carbocycles. The Morgan fingerprint density at radius 3 is 3.11 bits per heavy atom. The molecule has 1 atom stereocenters. The second kappa shape index (κ2) is 4.85. The van der Waals surface area contributed by atoms with Gasteiger partial charge in [0.05, 0.1) is 0 Å². The normalized spacial score (nSPS) is 20.9. The molecule has 0 aliphatic carbocycles. The fourth-order valence-corrected chi connectivity index (χ4v) is 3.34. The van der Waals surface area contributed by atoms with Gasteiger partial charge in [0, 0.05) is 50.4 Å². The topological polar surface area (TPSA) is 44.4 Å². The van der Waals surface area contributed by atoms with Crippen LogP contribution in [0.15, 0.2) is 12.1 Å². The Kier molecular flexibility index (Phi) is 3.19. The summed E-state index contributed by atoms with van der Waals surface area (Å²) >= 11 is 0. The van der Waals surface area contributed by atoms with E-state index in [4.69, 9.17) is 0 Å². The molecule has 1 aromatic carbocycles. The zero-order chi connectivity index (χ0) is 13.4. The molecule has 2 aliphatic heterocycles. The lowest BCUT2D eigenvalue weighted by molar-refractivity contribution is 0.0962. The van der Waals surface area contributed by atoms with E-state index in [0.717, 1.165) is 38.2 Å². The van der Waals surface area contributed by atoms with Crippen LogP contribution in [0.3, 0.4) is 0 Å². The van der Waals surface area contributed by atoms with E-state index in [-0.39, 0.29) is 5.91 Å². The van der Waals surface area contributed by atoms with Gasteiger partial charge in [-0.25, -0.2) is 0 Å². The first kappa shape index (κ1) is 12.5. The Bertz CT molecular complexity index is 512. The van der Waals surface area contributed by atoms with Crippen molar-refractivity contribution in [3.63, 3.8) is 0 Å². The van der Waals surface area contributed by atoms with Gasteiger partial charge in [-0.15, -0.1) is 0 Å². The van der Waals surface area contributed by atoms with E-state index in [2.05, 4.69) is 28.5 Å². The van der Waals surface area contributed by atoms with Crippen LogP contribution in [0.4, 0.5) is 5.69 Å². The van der Waals surface area contributed by atoms with Crippen LogP contribution in [-0.2, 0) is 6.54 Å². The Morgan fingerprint density at radius 2 is 2.37 bits per heavy atom. The lowest BCUT2D eigenvalue weighted by Gasteiger charge is -2.19. The molecule has 0 bridgehead atoms. The second-order valence-electron chi connectivity index (χ2n) is 5.34. The lowest BCUT2D eigenvalue weighted by Crippen LogP contribution is -2.28. The summed E-state index contributed by atoms with van der Waals surface area (Å²) in [5, 5.41) is 6.22. The first-order chi connectivity index (χ1) is 9.26. The van der Waals surface area contributed by atoms with E-state index in [9.17, 15) is 4.79 Å². The smallest absolute Gasteiger partial charge is 0.251 e. The number of hydrogen-bond donors (Lipinski definition) is 2. The third kappa shape index (κ3) is 1.91. The maximum Gasteiger partial charge on any atom is 0.251 e. The fourth-order valence-electron chi connectivity index (χ4n) is 3.34. The van der Waals surface area contributed by atoms with Crippen molar-refractivity contribution in [1.29, 1.82) is 0 Å². The number of carbonyl (C=O) groups excluding carboxylic acids is 1. The van der Waals surface area contributed by atoms with Gasteiger partial charge in [0.25, 0.3) is 5.91 Å². The summed E-state index contributed by atoms with van der Waals surface area (Å²) in [6, 6.07) is 4.10. The lowest BCUT2D eigenvalue weighted by atomic mass is 9.91. The maximum absolute atomic E-state index is 12.1. The van der Waals surface area contributed by atoms with Crippen LogP contribution in [0.5, 0.6) is 0 Å². The molecule has 4 heteroatoms. The molecule has 2 aliphatic rings. The minimum atomic E-state index is 0.0373. The Balaban J connectivity index is 2.18. The molecule has 2 heterocycles. The van der Waals surface area contributed by atoms with Crippen LogP contribution < -0.4 is 15.5 Å². The summed E-state index contributed by atoms with van der Waals surface area (Å²) < 4.78 is 0. The number of anilines is 1. The molecule has 102 valence electrons. The van der Waals surface area contributed by atoms with Gasteiger partial charge < -0.3 is 15.5 Å². The van der Waals surface area contributed by atoms with E-state index in [1.165, 1.54) is 16.8 Å². The zero-order valence-electron chi connectivity index (χ0n) is 11.6. The molecule has 0 fully saturated rings. The van der Waals surface area contributed by atoms with Gasteiger partial charge in [-0.1, -0.05) is 13.0 Å². The molecule has 0 spiro atoms. The Morgan fingerprint density at radius 1 is 1.53 bits per heavy atom. The molecule has 2 N–H and O–H groups in total. The molecular weight excluding hydrogens is 238 g/mol. The van der Waals surface area contributed by atoms with Gasteiger partial charge in [-0.05, 0) is 23.6 Å². The predicted molar refractivity (Wildman–Crippen MR) is 76.8 cm³/mol. The molecular formula is C15H21N3O. The van der Waals surface area contributed by atoms with Crippen molar-refractivity contribution in [2.75, 3.05) is 31.6 Å². The average Bonchev–Trinajstić information content (AvgIpc) is 2.69. The molecule has 19 heavy (non-hydrogen) atoms. The fraction of sp³-hybridized carbons (Fsp3) is 0.533. The monoisotopic (exact) mass is 259 g/mol. The van der Waals surface area contributed by atoms with Crippen molar-refractivity contribution in [2.45, 2.75) is 25.8 Å². The largest absolute Gasteiger partial charge is 0.369 e. The molecule has 3 rings (SSSR count). The number of amides is 1. The molecule has 4 nitrogen and oxygen atoms in total. The summed E-state index contributed by atoms with van der Waals surface area (Å²) in [5.74, 6) is 0.524. The minimum Gasteiger partial charge on any atom is -0.369 e. The van der Waals surface area contributed by atoms with Crippen molar-refractivity contribution in [2.24, 2.45) is 0 Å². The maximum atomic E-state index is 12.1. The summed E-state index contributed by atoms with van der Waals surface area (Å²) in [5.41, 5.74) is 4.77. The minimum absolute atomic E-state index is 0.0373. The van der Waals surface area contributed by atoms with Crippen LogP contribution >= 0.6 is 0 Å². The van der Waals surface area contributed by atoms with Crippen molar-refractivity contribution in [3.8, 4) is 0 Å². The van der Waals surface area contributed by atoms with E-state index < -0.39 is 0 Å². The zero-order valence-corrected chi connectivity index (χ0v) is 11.6. The number of carbonyl (C=O) groups is 1. The molecule has 0 unspecified atom stereocenters. The molecule has 1 amide bonds. The number of nitrogens with one attached hydrogen (secondary N) is 2. The van der Waals surface area contributed by atoms with Gasteiger partial charge in [-0.2, -0.15) is 0 Å². The second-order valence-corrected chi connectivity index (χ2v) is 5.34. The van der Waals surface area contributed by atoms with Crippen LogP contribution in [0.1, 0.15) is 40.7 Å². The van der Waals surface area contributed by atoms with Gasteiger partial charge in [0.2, 0.25) is 0 Å². The highest BCUT2D eigenvalue weighted by Gasteiger charge is 2.34. The van der Waals surface area contributed by atoms with Gasteiger partial charge in [0.15, 0.2) is 0 Å². The summed E-state index contributed by atoms with van der Waals surface area (Å²) in [7, 11) is 1.70. The first-order valence-electron chi connectivity index (χ1n) is 7.09. The van der Waals surface area contributed by atoms with Gasteiger partial charge in [-0.3, -0.25) is 4.79 Å². The van der Waals surface area contributed by atoms with Crippen molar-refractivity contribution in [1.82, 2.24) is 10.6 Å². The van der Waals surface area contributed by atoms with Crippen molar-refractivity contribution >= 4 is 11.6 Å². The highest BCUT2D eigenvalue weighted by molar-refractivity contribution is 5.98. The predicted octanol–water partition coefficient (Wildman–Crippen LogP) is 1.46. The van der Waals surface area contributed by atoms with Crippen molar-refractivity contribution < 1.29 is 4.79 Å². The third-order valence-electron chi connectivity index (χ3n) is 4.30. The molecule has 0 saturated heterocycles.